The van der Waals surface area contributed by atoms with E-state index in [-0.39, 0.29) is 18.0 Å². The van der Waals surface area contributed by atoms with Crippen LogP contribution in [0, 0.1) is 17.5 Å². The maximum atomic E-state index is 13.9. The maximum absolute atomic E-state index is 13.9. The van der Waals surface area contributed by atoms with Gasteiger partial charge in [0.25, 0.3) is 0 Å². The van der Waals surface area contributed by atoms with Crippen LogP contribution in [0.25, 0.3) is 0 Å². The normalized spacial score (nSPS) is 13.9. The molecule has 0 heterocycles. The van der Waals surface area contributed by atoms with Crippen LogP contribution in [0.15, 0.2) is 6.07 Å². The molecule has 0 spiro atoms. The summed E-state index contributed by atoms with van der Waals surface area (Å²) < 4.78 is 52.0. The van der Waals surface area contributed by atoms with E-state index < -0.39 is 23.2 Å². The minimum absolute atomic E-state index is 0.307. The molecule has 21 heavy (non-hydrogen) atoms. The van der Waals surface area contributed by atoms with Gasteiger partial charge in [0.2, 0.25) is 17.3 Å². The van der Waals surface area contributed by atoms with Gasteiger partial charge in [-0.3, -0.25) is 0 Å². The smallest absolute Gasteiger partial charge is 0.204 e. The molecule has 0 aromatic heterocycles. The Morgan fingerprint density at radius 3 is 1.81 bits per heavy atom. The minimum Gasteiger partial charge on any atom is -0.484 e. The second kappa shape index (κ2) is 8.15. The molecule has 0 N–H and O–H groups in total. The molecule has 120 valence electrons. The number of hydrogen-bond donors (Lipinski definition) is 0. The van der Waals surface area contributed by atoms with Crippen LogP contribution in [0.2, 0.25) is 0 Å². The topological polar surface area (TPSA) is 18.5 Å². The predicted molar refractivity (Wildman–Crippen MR) is 76.3 cm³/mol. The summed E-state index contributed by atoms with van der Waals surface area (Å²) in [5.41, 5.74) is 0. The van der Waals surface area contributed by atoms with Gasteiger partial charge in [0.05, 0.1) is 12.2 Å². The van der Waals surface area contributed by atoms with Crippen molar-refractivity contribution in [2.24, 2.45) is 0 Å². The van der Waals surface area contributed by atoms with E-state index in [1.165, 1.54) is 0 Å². The van der Waals surface area contributed by atoms with Gasteiger partial charge in [0.15, 0.2) is 11.6 Å². The standard InChI is InChI=1S/C16H23F3O2/c1-5-7-10(3)20-15-13(18)9-12(17)14(19)16(15)21-11(4)8-6-2/h9-11H,5-8H2,1-4H3. The molecule has 2 nitrogen and oxygen atoms in total. The summed E-state index contributed by atoms with van der Waals surface area (Å²) >= 11 is 0. The van der Waals surface area contributed by atoms with Gasteiger partial charge in [-0.1, -0.05) is 26.7 Å². The number of halogens is 3. The zero-order valence-corrected chi connectivity index (χ0v) is 13.0. The zero-order chi connectivity index (χ0) is 16.0. The molecular weight excluding hydrogens is 281 g/mol. The molecule has 5 heteroatoms. The molecule has 0 bridgehead atoms. The minimum atomic E-state index is -1.28. The lowest BCUT2D eigenvalue weighted by Gasteiger charge is -2.21. The van der Waals surface area contributed by atoms with Gasteiger partial charge in [0, 0.05) is 6.07 Å². The number of ether oxygens (including phenoxy) is 2. The molecule has 0 aliphatic carbocycles. The highest BCUT2D eigenvalue weighted by molar-refractivity contribution is 5.43. The van der Waals surface area contributed by atoms with Gasteiger partial charge in [-0.2, -0.15) is 4.39 Å². The fourth-order valence-electron chi connectivity index (χ4n) is 2.11. The molecule has 0 amide bonds. The van der Waals surface area contributed by atoms with Crippen LogP contribution in [0.1, 0.15) is 53.4 Å². The molecular formula is C16H23F3O2. The molecule has 0 aliphatic heterocycles. The third kappa shape index (κ3) is 4.83. The van der Waals surface area contributed by atoms with Crippen molar-refractivity contribution in [2.45, 2.75) is 65.6 Å². The lowest BCUT2D eigenvalue weighted by atomic mass is 10.2. The van der Waals surface area contributed by atoms with Crippen molar-refractivity contribution in [1.82, 2.24) is 0 Å². The molecule has 1 aromatic carbocycles. The first-order valence-corrected chi connectivity index (χ1v) is 7.41. The van der Waals surface area contributed by atoms with Crippen molar-refractivity contribution in [3.05, 3.63) is 23.5 Å². The summed E-state index contributed by atoms with van der Waals surface area (Å²) in [6, 6.07) is 0.487. The van der Waals surface area contributed by atoms with E-state index in [2.05, 4.69) is 0 Å². The molecule has 0 radical (unpaired) electrons. The van der Waals surface area contributed by atoms with Crippen LogP contribution in [0.4, 0.5) is 13.2 Å². The number of rotatable bonds is 8. The molecule has 1 aromatic rings. The van der Waals surface area contributed by atoms with Gasteiger partial charge in [0.1, 0.15) is 0 Å². The molecule has 0 saturated heterocycles. The second-order valence-corrected chi connectivity index (χ2v) is 5.25. The van der Waals surface area contributed by atoms with Crippen LogP contribution in [-0.4, -0.2) is 12.2 Å². The number of hydrogen-bond acceptors (Lipinski definition) is 2. The largest absolute Gasteiger partial charge is 0.484 e. The summed E-state index contributed by atoms with van der Waals surface area (Å²) in [6.45, 7) is 7.39. The summed E-state index contributed by atoms with van der Waals surface area (Å²) in [7, 11) is 0. The lowest BCUT2D eigenvalue weighted by Crippen LogP contribution is -2.17. The van der Waals surface area contributed by atoms with Crippen molar-refractivity contribution in [1.29, 1.82) is 0 Å². The first-order chi connectivity index (χ1) is 9.90. The third-order valence-electron chi connectivity index (χ3n) is 3.11. The summed E-state index contributed by atoms with van der Waals surface area (Å²) in [5, 5.41) is 0. The van der Waals surface area contributed by atoms with Gasteiger partial charge in [-0.05, 0) is 26.7 Å². The van der Waals surface area contributed by atoms with Crippen molar-refractivity contribution < 1.29 is 22.6 Å². The maximum Gasteiger partial charge on any atom is 0.204 e. The molecule has 0 saturated carbocycles. The average molecular weight is 304 g/mol. The highest BCUT2D eigenvalue weighted by Gasteiger charge is 2.24. The quantitative estimate of drug-likeness (QED) is 0.612. The number of benzene rings is 1. The zero-order valence-electron chi connectivity index (χ0n) is 13.0. The lowest BCUT2D eigenvalue weighted by molar-refractivity contribution is 0.156. The monoisotopic (exact) mass is 304 g/mol. The first-order valence-electron chi connectivity index (χ1n) is 7.41. The van der Waals surface area contributed by atoms with Crippen molar-refractivity contribution in [2.75, 3.05) is 0 Å². The summed E-state index contributed by atoms with van der Waals surface area (Å²) in [5.74, 6) is -4.26. The molecule has 2 atom stereocenters. The van der Waals surface area contributed by atoms with Crippen molar-refractivity contribution in [3.8, 4) is 11.5 Å². The highest BCUT2D eigenvalue weighted by atomic mass is 19.2. The highest BCUT2D eigenvalue weighted by Crippen LogP contribution is 2.37. The van der Waals surface area contributed by atoms with Crippen molar-refractivity contribution in [3.63, 3.8) is 0 Å². The van der Waals surface area contributed by atoms with Gasteiger partial charge in [-0.25, -0.2) is 8.78 Å². The SMILES string of the molecule is CCCC(C)Oc1c(F)cc(F)c(F)c1OC(C)CCC. The Labute approximate surface area is 124 Å². The molecule has 0 fully saturated rings. The van der Waals surface area contributed by atoms with Crippen LogP contribution in [0.3, 0.4) is 0 Å². The van der Waals surface area contributed by atoms with Crippen LogP contribution < -0.4 is 9.47 Å². The average Bonchev–Trinajstić information content (AvgIpc) is 2.40. The predicted octanol–water partition coefficient (Wildman–Crippen LogP) is 5.24. The molecule has 2 unspecified atom stereocenters. The van der Waals surface area contributed by atoms with Gasteiger partial charge in [-0.15, -0.1) is 0 Å². The third-order valence-corrected chi connectivity index (χ3v) is 3.11. The molecule has 1 rings (SSSR count). The first kappa shape index (κ1) is 17.7. The van der Waals surface area contributed by atoms with Crippen molar-refractivity contribution >= 4 is 0 Å². The Morgan fingerprint density at radius 2 is 1.33 bits per heavy atom. The van der Waals surface area contributed by atoms with E-state index in [0.717, 1.165) is 12.8 Å². The van der Waals surface area contributed by atoms with Crippen LogP contribution in [-0.2, 0) is 0 Å². The van der Waals surface area contributed by atoms with E-state index >= 15 is 0 Å². The van der Waals surface area contributed by atoms with E-state index in [0.29, 0.717) is 18.9 Å². The fourth-order valence-corrected chi connectivity index (χ4v) is 2.11. The summed E-state index contributed by atoms with van der Waals surface area (Å²) in [4.78, 5) is 0. The van der Waals surface area contributed by atoms with Gasteiger partial charge >= 0.3 is 0 Å². The van der Waals surface area contributed by atoms with Crippen LogP contribution in [0.5, 0.6) is 11.5 Å². The Hall–Kier alpha value is -1.39. The Kier molecular flexibility index (Phi) is 6.85. The van der Waals surface area contributed by atoms with Crippen LogP contribution >= 0.6 is 0 Å². The van der Waals surface area contributed by atoms with E-state index in [1.807, 2.05) is 13.8 Å². The Morgan fingerprint density at radius 1 is 0.857 bits per heavy atom. The fraction of sp³-hybridized carbons (Fsp3) is 0.625. The molecule has 0 aliphatic rings. The Bertz CT molecular complexity index is 463. The Balaban J connectivity index is 3.11. The van der Waals surface area contributed by atoms with E-state index in [4.69, 9.17) is 9.47 Å². The second-order valence-electron chi connectivity index (χ2n) is 5.25. The van der Waals surface area contributed by atoms with E-state index in [9.17, 15) is 13.2 Å². The van der Waals surface area contributed by atoms with E-state index in [1.54, 1.807) is 13.8 Å². The van der Waals surface area contributed by atoms with Gasteiger partial charge < -0.3 is 9.47 Å². The summed E-state index contributed by atoms with van der Waals surface area (Å²) in [6.07, 6.45) is 2.34.